The molecule has 0 radical (unpaired) electrons. The van der Waals surface area contributed by atoms with Crippen molar-refractivity contribution in [3.63, 3.8) is 0 Å². The summed E-state index contributed by atoms with van der Waals surface area (Å²) in [5, 5.41) is 0. The van der Waals surface area contributed by atoms with Crippen LogP contribution in [0.1, 0.15) is 17.5 Å². The van der Waals surface area contributed by atoms with Crippen molar-refractivity contribution in [1.29, 1.82) is 0 Å². The van der Waals surface area contributed by atoms with Gasteiger partial charge in [0.15, 0.2) is 0 Å². The van der Waals surface area contributed by atoms with Gasteiger partial charge < -0.3 is 4.90 Å². The molecule has 1 heteroatoms. The molecule has 2 aromatic rings. The number of rotatable bonds is 5. The van der Waals surface area contributed by atoms with Crippen molar-refractivity contribution in [2.75, 3.05) is 20.6 Å². The van der Waals surface area contributed by atoms with Gasteiger partial charge in [-0.2, -0.15) is 0 Å². The fraction of sp³-hybridized carbons (Fsp3) is 0.333. The maximum Gasteiger partial charge on any atom is -0.00217 e. The van der Waals surface area contributed by atoms with Crippen LogP contribution in [0.15, 0.2) is 48.5 Å². The minimum Gasteiger partial charge on any atom is -0.309 e. The zero-order valence-electron chi connectivity index (χ0n) is 12.2. The molecule has 0 spiro atoms. The highest BCUT2D eigenvalue weighted by molar-refractivity contribution is 5.67. The summed E-state index contributed by atoms with van der Waals surface area (Å²) in [6.07, 6.45) is 2.38. The van der Waals surface area contributed by atoms with E-state index in [9.17, 15) is 0 Å². The molecular weight excluding hydrogens is 230 g/mol. The van der Waals surface area contributed by atoms with Crippen molar-refractivity contribution >= 4 is 0 Å². The number of hydrogen-bond acceptors (Lipinski definition) is 1. The molecular formula is C18H23N. The van der Waals surface area contributed by atoms with Crippen LogP contribution in [0.2, 0.25) is 0 Å². The Morgan fingerprint density at radius 2 is 1.58 bits per heavy atom. The highest BCUT2D eigenvalue weighted by Gasteiger charge is 2.01. The van der Waals surface area contributed by atoms with Crippen LogP contribution < -0.4 is 0 Å². The van der Waals surface area contributed by atoms with Crippen molar-refractivity contribution in [2.45, 2.75) is 19.8 Å². The van der Waals surface area contributed by atoms with Crippen LogP contribution >= 0.6 is 0 Å². The van der Waals surface area contributed by atoms with Crippen molar-refractivity contribution in [3.8, 4) is 11.1 Å². The molecule has 100 valence electrons. The fourth-order valence-electron chi connectivity index (χ4n) is 2.35. The second kappa shape index (κ2) is 6.53. The number of aryl methyl sites for hydroxylation is 2. The average molecular weight is 253 g/mol. The predicted octanol–water partition coefficient (Wildman–Crippen LogP) is 4.16. The Hall–Kier alpha value is -1.60. The predicted molar refractivity (Wildman–Crippen MR) is 83.5 cm³/mol. The van der Waals surface area contributed by atoms with Crippen molar-refractivity contribution in [2.24, 2.45) is 0 Å². The van der Waals surface area contributed by atoms with Gasteiger partial charge in [0.25, 0.3) is 0 Å². The first-order chi connectivity index (χ1) is 9.16. The Bertz CT molecular complexity index is 511. The molecule has 0 aliphatic carbocycles. The smallest absolute Gasteiger partial charge is 0.00217 e. The highest BCUT2D eigenvalue weighted by atomic mass is 15.0. The van der Waals surface area contributed by atoms with E-state index in [1.807, 2.05) is 0 Å². The van der Waals surface area contributed by atoms with Crippen molar-refractivity contribution in [1.82, 2.24) is 4.90 Å². The van der Waals surface area contributed by atoms with E-state index in [1.54, 1.807) is 0 Å². The number of hydrogen-bond donors (Lipinski definition) is 0. The molecule has 0 unspecified atom stereocenters. The third kappa shape index (κ3) is 3.93. The SMILES string of the molecule is Cc1ccccc1-c1ccc(CCCN(C)C)cc1. The molecule has 0 bridgehead atoms. The standard InChI is InChI=1S/C18H23N/c1-15-7-4-5-9-18(15)17-12-10-16(11-13-17)8-6-14-19(2)3/h4-5,7,9-13H,6,8,14H2,1-3H3. The maximum atomic E-state index is 2.26. The molecule has 0 aliphatic rings. The normalized spacial score (nSPS) is 10.9. The molecule has 0 saturated heterocycles. The summed E-state index contributed by atoms with van der Waals surface area (Å²) in [5.74, 6) is 0. The summed E-state index contributed by atoms with van der Waals surface area (Å²) >= 11 is 0. The average Bonchev–Trinajstić information content (AvgIpc) is 2.40. The van der Waals surface area contributed by atoms with Gasteiger partial charge in [0.2, 0.25) is 0 Å². The lowest BCUT2D eigenvalue weighted by Crippen LogP contribution is -2.13. The Kier molecular flexibility index (Phi) is 4.75. The minimum absolute atomic E-state index is 1.15. The van der Waals surface area contributed by atoms with Crippen LogP contribution in [0.3, 0.4) is 0 Å². The van der Waals surface area contributed by atoms with E-state index >= 15 is 0 Å². The van der Waals surface area contributed by atoms with Crippen LogP contribution in [-0.4, -0.2) is 25.5 Å². The molecule has 0 amide bonds. The quantitative estimate of drug-likeness (QED) is 0.773. The topological polar surface area (TPSA) is 3.24 Å². The Morgan fingerprint density at radius 1 is 0.895 bits per heavy atom. The molecule has 0 atom stereocenters. The molecule has 0 aliphatic heterocycles. The minimum atomic E-state index is 1.15. The second-order valence-corrected chi connectivity index (χ2v) is 5.42. The molecule has 0 fully saturated rings. The van der Waals surface area contributed by atoms with Crippen LogP contribution in [0.25, 0.3) is 11.1 Å². The Labute approximate surface area is 116 Å². The lowest BCUT2D eigenvalue weighted by molar-refractivity contribution is 0.400. The molecule has 1 nitrogen and oxygen atoms in total. The van der Waals surface area contributed by atoms with E-state index in [4.69, 9.17) is 0 Å². The third-order valence-electron chi connectivity index (χ3n) is 3.48. The van der Waals surface area contributed by atoms with Crippen molar-refractivity contribution in [3.05, 3.63) is 59.7 Å². The van der Waals surface area contributed by atoms with Gasteiger partial charge in [0.05, 0.1) is 0 Å². The Balaban J connectivity index is 2.04. The monoisotopic (exact) mass is 253 g/mol. The van der Waals surface area contributed by atoms with Gasteiger partial charge in [0.1, 0.15) is 0 Å². The third-order valence-corrected chi connectivity index (χ3v) is 3.48. The largest absolute Gasteiger partial charge is 0.309 e. The van der Waals surface area contributed by atoms with Gasteiger partial charge in [0, 0.05) is 0 Å². The molecule has 2 rings (SSSR count). The van der Waals surface area contributed by atoms with E-state index in [2.05, 4.69) is 74.4 Å². The molecule has 0 saturated carbocycles. The second-order valence-electron chi connectivity index (χ2n) is 5.42. The first kappa shape index (κ1) is 13.8. The van der Waals surface area contributed by atoms with E-state index in [0.29, 0.717) is 0 Å². The number of benzene rings is 2. The van der Waals surface area contributed by atoms with Crippen LogP contribution in [0.4, 0.5) is 0 Å². The first-order valence-corrected chi connectivity index (χ1v) is 6.96. The van der Waals surface area contributed by atoms with E-state index < -0.39 is 0 Å². The molecule has 2 aromatic carbocycles. The van der Waals surface area contributed by atoms with E-state index in [0.717, 1.165) is 13.0 Å². The zero-order chi connectivity index (χ0) is 13.7. The summed E-state index contributed by atoms with van der Waals surface area (Å²) in [4.78, 5) is 2.24. The van der Waals surface area contributed by atoms with Gasteiger partial charge in [-0.1, -0.05) is 48.5 Å². The van der Waals surface area contributed by atoms with E-state index in [-0.39, 0.29) is 0 Å². The van der Waals surface area contributed by atoms with Crippen LogP contribution in [0.5, 0.6) is 0 Å². The summed E-state index contributed by atoms with van der Waals surface area (Å²) in [6, 6.07) is 17.6. The molecule has 0 heterocycles. The zero-order valence-corrected chi connectivity index (χ0v) is 12.2. The van der Waals surface area contributed by atoms with Gasteiger partial charge in [-0.25, -0.2) is 0 Å². The molecule has 0 N–H and O–H groups in total. The summed E-state index contributed by atoms with van der Waals surface area (Å²) in [5.41, 5.74) is 5.42. The number of nitrogens with zero attached hydrogens (tertiary/aromatic N) is 1. The van der Waals surface area contributed by atoms with Gasteiger partial charge in [-0.05, 0) is 62.7 Å². The van der Waals surface area contributed by atoms with Crippen LogP contribution in [-0.2, 0) is 6.42 Å². The van der Waals surface area contributed by atoms with Crippen LogP contribution in [0, 0.1) is 6.92 Å². The van der Waals surface area contributed by atoms with Gasteiger partial charge in [-0.15, -0.1) is 0 Å². The molecule has 0 aromatic heterocycles. The summed E-state index contributed by atoms with van der Waals surface area (Å²) in [6.45, 7) is 3.32. The molecule has 19 heavy (non-hydrogen) atoms. The van der Waals surface area contributed by atoms with Gasteiger partial charge >= 0.3 is 0 Å². The maximum absolute atomic E-state index is 2.26. The van der Waals surface area contributed by atoms with E-state index in [1.165, 1.54) is 28.7 Å². The Morgan fingerprint density at radius 3 is 2.21 bits per heavy atom. The first-order valence-electron chi connectivity index (χ1n) is 6.96. The highest BCUT2D eigenvalue weighted by Crippen LogP contribution is 2.23. The van der Waals surface area contributed by atoms with Crippen molar-refractivity contribution < 1.29 is 0 Å². The lowest BCUT2D eigenvalue weighted by Gasteiger charge is -2.10. The lowest BCUT2D eigenvalue weighted by atomic mass is 9.98. The summed E-state index contributed by atoms with van der Waals surface area (Å²) in [7, 11) is 4.25. The fourth-order valence-corrected chi connectivity index (χ4v) is 2.35. The van der Waals surface area contributed by atoms with Gasteiger partial charge in [-0.3, -0.25) is 0 Å². The summed E-state index contributed by atoms with van der Waals surface area (Å²) < 4.78 is 0.